The van der Waals surface area contributed by atoms with E-state index in [9.17, 15) is 0 Å². The van der Waals surface area contributed by atoms with Gasteiger partial charge < -0.3 is 24.3 Å². The second-order valence-corrected chi connectivity index (χ2v) is 5.47. The van der Waals surface area contributed by atoms with Crippen molar-refractivity contribution in [3.05, 3.63) is 0 Å². The van der Waals surface area contributed by atoms with Crippen molar-refractivity contribution in [3.63, 3.8) is 0 Å². The predicted molar refractivity (Wildman–Crippen MR) is 83.8 cm³/mol. The quantitative estimate of drug-likeness (QED) is 0.527. The molecular weight excluding hydrogens is 270 g/mol. The average molecular weight is 303 g/mol. The van der Waals surface area contributed by atoms with Crippen LogP contribution >= 0.6 is 0 Å². The van der Waals surface area contributed by atoms with Crippen molar-refractivity contribution >= 4 is 0 Å². The summed E-state index contributed by atoms with van der Waals surface area (Å²) >= 11 is 0. The number of hydrogen-bond acceptors (Lipinski definition) is 5. The summed E-state index contributed by atoms with van der Waals surface area (Å²) in [7, 11) is 1.67. The van der Waals surface area contributed by atoms with Gasteiger partial charge in [-0.15, -0.1) is 0 Å². The summed E-state index contributed by atoms with van der Waals surface area (Å²) in [6.45, 7) is 7.11. The molecule has 0 spiro atoms. The molecule has 0 radical (unpaired) electrons. The molecule has 0 aromatic rings. The van der Waals surface area contributed by atoms with E-state index >= 15 is 0 Å². The van der Waals surface area contributed by atoms with Crippen LogP contribution < -0.4 is 5.32 Å². The predicted octanol–water partition coefficient (Wildman–Crippen LogP) is 1.99. The lowest BCUT2D eigenvalue weighted by molar-refractivity contribution is -0.0361. The topological polar surface area (TPSA) is 49.0 Å². The van der Waals surface area contributed by atoms with Crippen molar-refractivity contribution in [2.75, 3.05) is 53.3 Å². The molecule has 126 valence electrons. The molecular formula is C16H33NO4. The molecule has 0 amide bonds. The van der Waals surface area contributed by atoms with Gasteiger partial charge in [0, 0.05) is 13.2 Å². The fourth-order valence-electron chi connectivity index (χ4n) is 2.58. The second kappa shape index (κ2) is 13.5. The normalized spacial score (nSPS) is 22.6. The molecule has 2 unspecified atom stereocenters. The number of methoxy groups -OCH3 is 1. The Kier molecular flexibility index (Phi) is 12.1. The van der Waals surface area contributed by atoms with Crippen molar-refractivity contribution in [1.82, 2.24) is 5.32 Å². The van der Waals surface area contributed by atoms with E-state index in [4.69, 9.17) is 18.9 Å². The fraction of sp³-hybridized carbons (Fsp3) is 1.00. The molecule has 2 atom stereocenters. The Bertz CT molecular complexity index is 228. The van der Waals surface area contributed by atoms with Gasteiger partial charge in [-0.25, -0.2) is 0 Å². The largest absolute Gasteiger partial charge is 0.382 e. The van der Waals surface area contributed by atoms with Crippen LogP contribution in [-0.4, -0.2) is 65.4 Å². The van der Waals surface area contributed by atoms with E-state index in [1.165, 1.54) is 32.1 Å². The van der Waals surface area contributed by atoms with E-state index in [0.717, 1.165) is 6.54 Å². The van der Waals surface area contributed by atoms with Crippen LogP contribution in [0.3, 0.4) is 0 Å². The van der Waals surface area contributed by atoms with Gasteiger partial charge in [0.15, 0.2) is 0 Å². The molecule has 1 rings (SSSR count). The molecule has 1 aliphatic rings. The Morgan fingerprint density at radius 2 is 1.57 bits per heavy atom. The van der Waals surface area contributed by atoms with Crippen LogP contribution in [0.4, 0.5) is 0 Å². The highest BCUT2D eigenvalue weighted by Gasteiger charge is 2.24. The first-order chi connectivity index (χ1) is 10.4. The van der Waals surface area contributed by atoms with E-state index in [1.807, 2.05) is 0 Å². The van der Waals surface area contributed by atoms with Crippen molar-refractivity contribution in [2.24, 2.45) is 0 Å². The molecule has 0 bridgehead atoms. The number of hydrogen-bond donors (Lipinski definition) is 1. The minimum atomic E-state index is 0.354. The maximum absolute atomic E-state index is 5.99. The van der Waals surface area contributed by atoms with Gasteiger partial charge in [0.2, 0.25) is 0 Å². The van der Waals surface area contributed by atoms with Gasteiger partial charge in [0.05, 0.1) is 45.7 Å². The van der Waals surface area contributed by atoms with Gasteiger partial charge in [-0.3, -0.25) is 0 Å². The molecule has 0 aromatic heterocycles. The zero-order chi connectivity index (χ0) is 15.2. The van der Waals surface area contributed by atoms with Crippen LogP contribution in [0.1, 0.15) is 39.0 Å². The standard InChI is InChI=1S/C16H33NO4/c1-3-8-17-15-6-4-5-7-16(15)21-14-13-20-12-11-19-10-9-18-2/h15-17H,3-14H2,1-2H3. The van der Waals surface area contributed by atoms with E-state index in [0.29, 0.717) is 51.8 Å². The van der Waals surface area contributed by atoms with Crippen molar-refractivity contribution in [2.45, 2.75) is 51.2 Å². The van der Waals surface area contributed by atoms with Crippen molar-refractivity contribution < 1.29 is 18.9 Å². The third-order valence-electron chi connectivity index (χ3n) is 3.72. The van der Waals surface area contributed by atoms with Gasteiger partial charge in [0.25, 0.3) is 0 Å². The summed E-state index contributed by atoms with van der Waals surface area (Å²) in [4.78, 5) is 0. The Hall–Kier alpha value is -0.200. The van der Waals surface area contributed by atoms with Crippen LogP contribution in [-0.2, 0) is 18.9 Å². The van der Waals surface area contributed by atoms with Gasteiger partial charge in [-0.1, -0.05) is 19.8 Å². The first kappa shape index (κ1) is 18.8. The smallest absolute Gasteiger partial charge is 0.0729 e. The van der Waals surface area contributed by atoms with Gasteiger partial charge in [-0.2, -0.15) is 0 Å². The van der Waals surface area contributed by atoms with Crippen LogP contribution in [0.2, 0.25) is 0 Å². The number of rotatable bonds is 13. The Labute approximate surface area is 129 Å². The molecule has 5 nitrogen and oxygen atoms in total. The second-order valence-electron chi connectivity index (χ2n) is 5.47. The molecule has 0 aromatic carbocycles. The minimum absolute atomic E-state index is 0.354. The summed E-state index contributed by atoms with van der Waals surface area (Å²) < 4.78 is 21.7. The van der Waals surface area contributed by atoms with Gasteiger partial charge in [-0.05, 0) is 25.8 Å². The molecule has 21 heavy (non-hydrogen) atoms. The zero-order valence-electron chi connectivity index (χ0n) is 13.8. The molecule has 0 aliphatic heterocycles. The maximum Gasteiger partial charge on any atom is 0.0729 e. The van der Waals surface area contributed by atoms with E-state index < -0.39 is 0 Å². The highest BCUT2D eigenvalue weighted by Crippen LogP contribution is 2.21. The van der Waals surface area contributed by atoms with Crippen molar-refractivity contribution in [3.8, 4) is 0 Å². The van der Waals surface area contributed by atoms with Crippen LogP contribution in [0.25, 0.3) is 0 Å². The maximum atomic E-state index is 5.99. The lowest BCUT2D eigenvalue weighted by Crippen LogP contribution is -2.44. The zero-order valence-corrected chi connectivity index (χ0v) is 13.8. The summed E-state index contributed by atoms with van der Waals surface area (Å²) in [5, 5.41) is 3.60. The van der Waals surface area contributed by atoms with Gasteiger partial charge >= 0.3 is 0 Å². The lowest BCUT2D eigenvalue weighted by atomic mass is 9.92. The summed E-state index contributed by atoms with van der Waals surface area (Å²) in [5.74, 6) is 0. The summed E-state index contributed by atoms with van der Waals surface area (Å²) in [6.07, 6.45) is 6.53. The Morgan fingerprint density at radius 3 is 2.29 bits per heavy atom. The van der Waals surface area contributed by atoms with Crippen LogP contribution in [0, 0.1) is 0 Å². The molecule has 5 heteroatoms. The highest BCUT2D eigenvalue weighted by molar-refractivity contribution is 4.81. The first-order valence-corrected chi connectivity index (χ1v) is 8.38. The van der Waals surface area contributed by atoms with E-state index in [1.54, 1.807) is 7.11 Å². The third-order valence-corrected chi connectivity index (χ3v) is 3.72. The van der Waals surface area contributed by atoms with E-state index in [2.05, 4.69) is 12.2 Å². The molecule has 0 saturated heterocycles. The summed E-state index contributed by atoms with van der Waals surface area (Å²) in [6, 6.07) is 0.524. The molecule has 1 saturated carbocycles. The number of nitrogens with one attached hydrogen (secondary N) is 1. The van der Waals surface area contributed by atoms with Crippen molar-refractivity contribution in [1.29, 1.82) is 0 Å². The summed E-state index contributed by atoms with van der Waals surface area (Å²) in [5.41, 5.74) is 0. The van der Waals surface area contributed by atoms with E-state index in [-0.39, 0.29) is 0 Å². The van der Waals surface area contributed by atoms with Crippen LogP contribution in [0.15, 0.2) is 0 Å². The molecule has 0 heterocycles. The average Bonchev–Trinajstić information content (AvgIpc) is 2.52. The van der Waals surface area contributed by atoms with Gasteiger partial charge in [0.1, 0.15) is 0 Å². The lowest BCUT2D eigenvalue weighted by Gasteiger charge is -2.32. The number of ether oxygens (including phenoxy) is 4. The minimum Gasteiger partial charge on any atom is -0.382 e. The molecule has 1 N–H and O–H groups in total. The fourth-order valence-corrected chi connectivity index (χ4v) is 2.58. The SMILES string of the molecule is CCCNC1CCCCC1OCCOCCOCCOC. The first-order valence-electron chi connectivity index (χ1n) is 8.38. The molecule has 1 aliphatic carbocycles. The Balaban J connectivity index is 1.97. The van der Waals surface area contributed by atoms with Crippen LogP contribution in [0.5, 0.6) is 0 Å². The molecule has 1 fully saturated rings. The third kappa shape index (κ3) is 9.42. The monoisotopic (exact) mass is 303 g/mol. The highest BCUT2D eigenvalue weighted by atomic mass is 16.6. The Morgan fingerprint density at radius 1 is 0.905 bits per heavy atom.